The minimum Gasteiger partial charge on any atom is -0.353 e. The van der Waals surface area contributed by atoms with Crippen LogP contribution in [0.4, 0.5) is 0 Å². The summed E-state index contributed by atoms with van der Waals surface area (Å²) in [5.41, 5.74) is 2.64. The summed E-state index contributed by atoms with van der Waals surface area (Å²) in [6.07, 6.45) is 10.9. The van der Waals surface area contributed by atoms with E-state index in [0.717, 1.165) is 12.3 Å². The second-order valence-corrected chi connectivity index (χ2v) is 8.94. The zero-order valence-electron chi connectivity index (χ0n) is 16.2. The first-order chi connectivity index (χ1) is 13.1. The van der Waals surface area contributed by atoms with E-state index < -0.39 is 0 Å². The molecule has 4 nitrogen and oxygen atoms in total. The van der Waals surface area contributed by atoms with Crippen LogP contribution in [0.5, 0.6) is 0 Å². The summed E-state index contributed by atoms with van der Waals surface area (Å²) in [7, 11) is 0. The van der Waals surface area contributed by atoms with Crippen LogP contribution in [0.2, 0.25) is 0 Å². The van der Waals surface area contributed by atoms with Crippen molar-refractivity contribution in [1.82, 2.24) is 10.6 Å². The maximum atomic E-state index is 4.55. The van der Waals surface area contributed by atoms with E-state index >= 15 is 0 Å². The van der Waals surface area contributed by atoms with Gasteiger partial charge in [0.15, 0.2) is 0 Å². The third kappa shape index (κ3) is 5.17. The first-order valence-electron chi connectivity index (χ1n) is 9.13. The Labute approximate surface area is 169 Å². The number of nitrogens with zero attached hydrogens (tertiary/aromatic N) is 2. The number of amidine groups is 1. The third-order valence-electron chi connectivity index (χ3n) is 4.35. The van der Waals surface area contributed by atoms with Crippen molar-refractivity contribution in [3.8, 4) is 0 Å². The van der Waals surface area contributed by atoms with Crippen molar-refractivity contribution < 1.29 is 0 Å². The van der Waals surface area contributed by atoms with Gasteiger partial charge in [0.25, 0.3) is 0 Å². The predicted octanol–water partition coefficient (Wildman–Crippen LogP) is 5.44. The molecular weight excluding hydrogens is 372 g/mol. The fraction of sp³-hybridized carbons (Fsp3) is 0.333. The molecule has 2 aliphatic heterocycles. The summed E-state index contributed by atoms with van der Waals surface area (Å²) in [5, 5.41) is 8.21. The quantitative estimate of drug-likeness (QED) is 0.723. The highest BCUT2D eigenvalue weighted by molar-refractivity contribution is 7.12. The third-order valence-corrected chi connectivity index (χ3v) is 6.43. The van der Waals surface area contributed by atoms with Gasteiger partial charge in [-0.05, 0) is 68.0 Å². The van der Waals surface area contributed by atoms with E-state index in [9.17, 15) is 0 Å². The fourth-order valence-electron chi connectivity index (χ4n) is 2.96. The SMILES string of the molecule is CC1=NC(c2cc(C)sc2C)C=CN1.CCc1cc(C2C=CNC=N2)cs1. The van der Waals surface area contributed by atoms with Crippen LogP contribution in [-0.2, 0) is 6.42 Å². The molecule has 2 aliphatic rings. The van der Waals surface area contributed by atoms with Crippen LogP contribution in [0.15, 0.2) is 52.0 Å². The largest absolute Gasteiger partial charge is 0.353 e. The van der Waals surface area contributed by atoms with E-state index in [1.54, 1.807) is 6.34 Å². The van der Waals surface area contributed by atoms with Gasteiger partial charge in [0.2, 0.25) is 0 Å². The van der Waals surface area contributed by atoms with Gasteiger partial charge < -0.3 is 10.6 Å². The molecule has 2 aromatic heterocycles. The number of aryl methyl sites for hydroxylation is 3. The van der Waals surface area contributed by atoms with Crippen molar-refractivity contribution in [2.75, 3.05) is 0 Å². The van der Waals surface area contributed by atoms with Gasteiger partial charge >= 0.3 is 0 Å². The van der Waals surface area contributed by atoms with E-state index in [-0.39, 0.29) is 12.1 Å². The highest BCUT2D eigenvalue weighted by Gasteiger charge is 2.14. The van der Waals surface area contributed by atoms with Crippen LogP contribution in [0.25, 0.3) is 0 Å². The lowest BCUT2D eigenvalue weighted by molar-refractivity contribution is 0.866. The second kappa shape index (κ2) is 9.15. The van der Waals surface area contributed by atoms with Gasteiger partial charge in [0, 0.05) is 27.0 Å². The predicted molar refractivity (Wildman–Crippen MR) is 119 cm³/mol. The van der Waals surface area contributed by atoms with Crippen molar-refractivity contribution in [3.05, 3.63) is 67.8 Å². The van der Waals surface area contributed by atoms with Crippen LogP contribution in [-0.4, -0.2) is 12.2 Å². The average Bonchev–Trinajstić information content (AvgIpc) is 3.29. The maximum absolute atomic E-state index is 4.55. The molecule has 2 unspecified atom stereocenters. The smallest absolute Gasteiger partial charge is 0.0982 e. The highest BCUT2D eigenvalue weighted by Crippen LogP contribution is 2.30. The molecule has 0 spiro atoms. The number of thiophene rings is 2. The molecule has 4 rings (SSSR count). The summed E-state index contributed by atoms with van der Waals surface area (Å²) < 4.78 is 0. The Balaban J connectivity index is 0.000000156. The van der Waals surface area contributed by atoms with Gasteiger partial charge in [-0.3, -0.25) is 9.98 Å². The molecule has 6 heteroatoms. The number of nitrogens with one attached hydrogen (secondary N) is 2. The minimum absolute atomic E-state index is 0.209. The average molecular weight is 399 g/mol. The molecule has 2 aromatic rings. The first kappa shape index (κ1) is 19.6. The van der Waals surface area contributed by atoms with Crippen molar-refractivity contribution in [2.45, 2.75) is 46.2 Å². The van der Waals surface area contributed by atoms with Gasteiger partial charge in [0.05, 0.1) is 24.3 Å². The van der Waals surface area contributed by atoms with Crippen molar-refractivity contribution >= 4 is 34.8 Å². The van der Waals surface area contributed by atoms with E-state index in [4.69, 9.17) is 0 Å². The Hall–Kier alpha value is -2.18. The molecule has 0 saturated carbocycles. The summed E-state index contributed by atoms with van der Waals surface area (Å²) in [4.78, 5) is 13.0. The second-order valence-electron chi connectivity index (χ2n) is 6.48. The lowest BCUT2D eigenvalue weighted by atomic mass is 10.1. The van der Waals surface area contributed by atoms with Crippen LogP contribution >= 0.6 is 22.7 Å². The molecule has 4 heterocycles. The molecule has 27 heavy (non-hydrogen) atoms. The number of hydrogen-bond acceptors (Lipinski definition) is 6. The number of hydrogen-bond donors (Lipinski definition) is 2. The zero-order valence-corrected chi connectivity index (χ0v) is 17.8. The standard InChI is InChI=1S/C11H14N2S.C10H12N2S/c1-7-6-10(8(2)14-7)11-4-5-12-9(3)13-11;1-2-9-5-8(6-13-9)10-3-4-11-7-12-10/h4-6,11H,1-3H3,(H,12,13);3-7,10H,2H2,1H3,(H,11,12). The monoisotopic (exact) mass is 398 g/mol. The Morgan fingerprint density at radius 1 is 1.07 bits per heavy atom. The summed E-state index contributed by atoms with van der Waals surface area (Å²) in [6, 6.07) is 4.90. The first-order valence-corrected chi connectivity index (χ1v) is 10.8. The summed E-state index contributed by atoms with van der Waals surface area (Å²) in [5.74, 6) is 0.987. The Bertz CT molecular complexity index is 874. The minimum atomic E-state index is 0.209. The van der Waals surface area contributed by atoms with Crippen LogP contribution in [0.1, 0.15) is 51.7 Å². The lowest BCUT2D eigenvalue weighted by Crippen LogP contribution is -2.18. The molecule has 2 N–H and O–H groups in total. The molecule has 0 aromatic carbocycles. The number of aliphatic imine (C=N–C) groups is 2. The maximum Gasteiger partial charge on any atom is 0.0982 e. The molecule has 0 bridgehead atoms. The van der Waals surface area contributed by atoms with Gasteiger partial charge in [-0.1, -0.05) is 6.92 Å². The van der Waals surface area contributed by atoms with Gasteiger partial charge in [-0.15, -0.1) is 22.7 Å². The lowest BCUT2D eigenvalue weighted by Gasteiger charge is -2.14. The van der Waals surface area contributed by atoms with Crippen LogP contribution in [0, 0.1) is 13.8 Å². The van der Waals surface area contributed by atoms with Crippen molar-refractivity contribution in [3.63, 3.8) is 0 Å². The van der Waals surface area contributed by atoms with E-state index in [1.165, 1.54) is 25.8 Å². The van der Waals surface area contributed by atoms with Gasteiger partial charge in [-0.2, -0.15) is 0 Å². The summed E-state index contributed by atoms with van der Waals surface area (Å²) in [6.45, 7) is 8.47. The Morgan fingerprint density at radius 3 is 2.48 bits per heavy atom. The van der Waals surface area contributed by atoms with Gasteiger partial charge in [0.1, 0.15) is 0 Å². The van der Waals surface area contributed by atoms with Crippen molar-refractivity contribution in [1.29, 1.82) is 0 Å². The molecular formula is C21H26N4S2. The van der Waals surface area contributed by atoms with Gasteiger partial charge in [-0.25, -0.2) is 0 Å². The van der Waals surface area contributed by atoms with E-state index in [1.807, 2.05) is 42.0 Å². The van der Waals surface area contributed by atoms with Crippen LogP contribution in [0.3, 0.4) is 0 Å². The van der Waals surface area contributed by atoms with E-state index in [2.05, 4.69) is 71.1 Å². The molecule has 0 fully saturated rings. The molecule has 142 valence electrons. The number of rotatable bonds is 3. The summed E-state index contributed by atoms with van der Waals surface area (Å²) >= 11 is 3.66. The topological polar surface area (TPSA) is 48.8 Å². The van der Waals surface area contributed by atoms with E-state index in [0.29, 0.717) is 0 Å². The Kier molecular flexibility index (Phi) is 6.63. The molecule has 0 radical (unpaired) electrons. The zero-order chi connectivity index (χ0) is 19.2. The molecule has 0 amide bonds. The normalized spacial score (nSPS) is 20.4. The van der Waals surface area contributed by atoms with Crippen LogP contribution < -0.4 is 10.6 Å². The highest BCUT2D eigenvalue weighted by atomic mass is 32.1. The fourth-order valence-corrected chi connectivity index (χ4v) is 4.80. The Morgan fingerprint density at radius 2 is 1.89 bits per heavy atom. The molecule has 0 aliphatic carbocycles. The molecule has 2 atom stereocenters. The van der Waals surface area contributed by atoms with Crippen molar-refractivity contribution in [2.24, 2.45) is 9.98 Å². The molecule has 0 saturated heterocycles.